The predicted molar refractivity (Wildman–Crippen MR) is 154 cm³/mol. The first-order valence-corrected chi connectivity index (χ1v) is 17.2. The summed E-state index contributed by atoms with van der Waals surface area (Å²) in [6.07, 6.45) is 19.3. The Kier molecular flexibility index (Phi) is 16.7. The SMILES string of the molecule is CCCCCCCCCCC1CCC(c2ccc(OCCC[Si](OCC)(OCC)OCC)cc2)CC1. The van der Waals surface area contributed by atoms with E-state index >= 15 is 0 Å². The highest BCUT2D eigenvalue weighted by Crippen LogP contribution is 2.38. The van der Waals surface area contributed by atoms with Crippen molar-refractivity contribution in [3.05, 3.63) is 29.8 Å². The lowest BCUT2D eigenvalue weighted by Gasteiger charge is -2.29. The molecule has 5 heteroatoms. The molecule has 1 fully saturated rings. The van der Waals surface area contributed by atoms with Gasteiger partial charge in [0.2, 0.25) is 0 Å². The summed E-state index contributed by atoms with van der Waals surface area (Å²) in [6.45, 7) is 10.8. The summed E-state index contributed by atoms with van der Waals surface area (Å²) < 4.78 is 23.9. The van der Waals surface area contributed by atoms with Gasteiger partial charge in [0.1, 0.15) is 5.75 Å². The number of ether oxygens (including phenoxy) is 1. The molecule has 0 heterocycles. The van der Waals surface area contributed by atoms with Gasteiger partial charge in [0.25, 0.3) is 0 Å². The van der Waals surface area contributed by atoms with Crippen molar-refractivity contribution < 1.29 is 18.0 Å². The van der Waals surface area contributed by atoms with Crippen molar-refractivity contribution >= 4 is 8.80 Å². The average molecular weight is 521 g/mol. The molecule has 36 heavy (non-hydrogen) atoms. The normalized spacial score (nSPS) is 18.4. The summed E-state index contributed by atoms with van der Waals surface area (Å²) in [6, 6.07) is 9.68. The molecule has 4 nitrogen and oxygen atoms in total. The molecule has 1 aliphatic carbocycles. The van der Waals surface area contributed by atoms with Crippen LogP contribution in [0, 0.1) is 5.92 Å². The van der Waals surface area contributed by atoms with E-state index in [0.29, 0.717) is 26.4 Å². The van der Waals surface area contributed by atoms with Gasteiger partial charge in [-0.15, -0.1) is 0 Å². The maximum absolute atomic E-state index is 6.04. The van der Waals surface area contributed by atoms with Crippen molar-refractivity contribution in [2.24, 2.45) is 5.92 Å². The van der Waals surface area contributed by atoms with Crippen LogP contribution in [0.25, 0.3) is 0 Å². The molecule has 0 N–H and O–H groups in total. The van der Waals surface area contributed by atoms with Crippen LogP contribution in [0.1, 0.15) is 129 Å². The lowest BCUT2D eigenvalue weighted by atomic mass is 9.77. The molecule has 2 rings (SSSR count). The number of benzene rings is 1. The Hall–Kier alpha value is -0.883. The third-order valence-corrected chi connectivity index (χ3v) is 10.8. The second kappa shape index (κ2) is 19.2. The molecule has 1 saturated carbocycles. The zero-order chi connectivity index (χ0) is 25.9. The fourth-order valence-corrected chi connectivity index (χ4v) is 8.25. The lowest BCUT2D eigenvalue weighted by Crippen LogP contribution is -2.46. The van der Waals surface area contributed by atoms with E-state index in [1.165, 1.54) is 89.0 Å². The van der Waals surface area contributed by atoms with Gasteiger partial charge in [0.15, 0.2) is 0 Å². The van der Waals surface area contributed by atoms with E-state index in [-0.39, 0.29) is 0 Å². The molecule has 0 radical (unpaired) electrons. The highest BCUT2D eigenvalue weighted by Gasteiger charge is 2.39. The minimum absolute atomic E-state index is 0.621. The summed E-state index contributed by atoms with van der Waals surface area (Å²) in [7, 11) is -2.57. The number of hydrogen-bond acceptors (Lipinski definition) is 4. The summed E-state index contributed by atoms with van der Waals surface area (Å²) in [5, 5.41) is 0. The van der Waals surface area contributed by atoms with Gasteiger partial charge in [-0.1, -0.05) is 76.8 Å². The third kappa shape index (κ3) is 12.1. The van der Waals surface area contributed by atoms with Crippen LogP contribution < -0.4 is 4.74 Å². The molecule has 208 valence electrons. The average Bonchev–Trinajstić information content (AvgIpc) is 2.89. The lowest BCUT2D eigenvalue weighted by molar-refractivity contribution is 0.0696. The van der Waals surface area contributed by atoms with E-state index in [4.69, 9.17) is 18.0 Å². The molecule has 1 aliphatic rings. The molecule has 1 aromatic carbocycles. The van der Waals surface area contributed by atoms with Crippen LogP contribution >= 0.6 is 0 Å². The molecule has 0 unspecified atom stereocenters. The second-order valence-corrected chi connectivity index (χ2v) is 13.2. The molecule has 0 aliphatic heterocycles. The van der Waals surface area contributed by atoms with Crippen LogP contribution in [-0.2, 0) is 13.3 Å². The maximum Gasteiger partial charge on any atom is 0.501 e. The van der Waals surface area contributed by atoms with Gasteiger partial charge in [-0.05, 0) is 82.4 Å². The molecule has 1 aromatic rings. The molecule has 0 amide bonds. The van der Waals surface area contributed by atoms with Crippen LogP contribution in [0.4, 0.5) is 0 Å². The Bertz CT molecular complexity index is 625. The Morgan fingerprint density at radius 3 is 1.78 bits per heavy atom. The standard InChI is InChI=1S/C31H56O4Si/c1-5-9-10-11-12-13-14-15-17-28-18-20-29(21-19-28)30-22-24-31(25-23-30)32-26-16-27-36(33-6-2,34-7-3)35-8-4/h22-25,28-29H,5-21,26-27H2,1-4H3. The van der Waals surface area contributed by atoms with E-state index < -0.39 is 8.80 Å². The molecular formula is C31H56O4Si. The summed E-state index contributed by atoms with van der Waals surface area (Å²) in [5.74, 6) is 2.65. The van der Waals surface area contributed by atoms with Gasteiger partial charge in [-0.3, -0.25) is 0 Å². The molecule has 0 saturated heterocycles. The molecule has 0 spiro atoms. The van der Waals surface area contributed by atoms with E-state index in [1.54, 1.807) is 0 Å². The van der Waals surface area contributed by atoms with Gasteiger partial charge in [-0.2, -0.15) is 0 Å². The fourth-order valence-electron chi connectivity index (χ4n) is 5.67. The Labute approximate surface area is 224 Å². The minimum atomic E-state index is -2.57. The first-order chi connectivity index (χ1) is 17.7. The predicted octanol–water partition coefficient (Wildman–Crippen LogP) is 9.31. The third-order valence-electron chi connectivity index (χ3n) is 7.65. The van der Waals surface area contributed by atoms with E-state index in [2.05, 4.69) is 31.2 Å². The smallest absolute Gasteiger partial charge is 0.494 e. The Balaban J connectivity index is 1.63. The van der Waals surface area contributed by atoms with E-state index in [0.717, 1.165) is 30.1 Å². The van der Waals surface area contributed by atoms with Gasteiger partial charge in [0, 0.05) is 25.9 Å². The minimum Gasteiger partial charge on any atom is -0.494 e. The van der Waals surface area contributed by atoms with Crippen LogP contribution in [0.2, 0.25) is 6.04 Å². The zero-order valence-electron chi connectivity index (χ0n) is 24.0. The molecule has 0 atom stereocenters. The number of rotatable bonds is 21. The Morgan fingerprint density at radius 2 is 1.22 bits per heavy atom. The topological polar surface area (TPSA) is 36.9 Å². The number of hydrogen-bond donors (Lipinski definition) is 0. The largest absolute Gasteiger partial charge is 0.501 e. The molecular weight excluding hydrogens is 464 g/mol. The second-order valence-electron chi connectivity index (χ2n) is 10.5. The van der Waals surface area contributed by atoms with Crippen molar-refractivity contribution in [1.29, 1.82) is 0 Å². The first kappa shape index (κ1) is 31.3. The van der Waals surface area contributed by atoms with Gasteiger partial charge >= 0.3 is 8.80 Å². The van der Waals surface area contributed by atoms with E-state index in [9.17, 15) is 0 Å². The highest BCUT2D eigenvalue weighted by atomic mass is 28.4. The van der Waals surface area contributed by atoms with Crippen molar-refractivity contribution in [3.8, 4) is 5.75 Å². The number of unbranched alkanes of at least 4 members (excludes halogenated alkanes) is 7. The van der Waals surface area contributed by atoms with Gasteiger partial charge in [0.05, 0.1) is 6.61 Å². The monoisotopic (exact) mass is 520 g/mol. The fraction of sp³-hybridized carbons (Fsp3) is 0.806. The Morgan fingerprint density at radius 1 is 0.667 bits per heavy atom. The molecule has 0 bridgehead atoms. The molecule has 0 aromatic heterocycles. The zero-order valence-corrected chi connectivity index (χ0v) is 25.0. The maximum atomic E-state index is 6.04. The summed E-state index contributed by atoms with van der Waals surface area (Å²) in [5.41, 5.74) is 1.49. The van der Waals surface area contributed by atoms with Crippen LogP contribution in [0.15, 0.2) is 24.3 Å². The van der Waals surface area contributed by atoms with Crippen molar-refractivity contribution in [2.75, 3.05) is 26.4 Å². The van der Waals surface area contributed by atoms with Crippen LogP contribution in [-0.4, -0.2) is 35.2 Å². The first-order valence-electron chi connectivity index (χ1n) is 15.3. The summed E-state index contributed by atoms with van der Waals surface area (Å²) >= 11 is 0. The van der Waals surface area contributed by atoms with Crippen molar-refractivity contribution in [1.82, 2.24) is 0 Å². The van der Waals surface area contributed by atoms with Crippen LogP contribution in [0.3, 0.4) is 0 Å². The van der Waals surface area contributed by atoms with Gasteiger partial charge < -0.3 is 18.0 Å². The van der Waals surface area contributed by atoms with Crippen molar-refractivity contribution in [2.45, 2.75) is 130 Å². The van der Waals surface area contributed by atoms with Crippen molar-refractivity contribution in [3.63, 3.8) is 0 Å². The van der Waals surface area contributed by atoms with Gasteiger partial charge in [-0.25, -0.2) is 0 Å². The van der Waals surface area contributed by atoms with E-state index in [1.807, 2.05) is 20.8 Å². The quantitative estimate of drug-likeness (QED) is 0.119. The summed E-state index contributed by atoms with van der Waals surface area (Å²) in [4.78, 5) is 0. The van der Waals surface area contributed by atoms with Crippen LogP contribution in [0.5, 0.6) is 5.75 Å². The highest BCUT2D eigenvalue weighted by molar-refractivity contribution is 6.60.